The molecule has 12 heteroatoms. The molecule has 1 fully saturated rings. The van der Waals surface area contributed by atoms with Crippen molar-refractivity contribution in [1.82, 2.24) is 4.90 Å². The molecule has 454 valence electrons. The third-order valence-corrected chi connectivity index (χ3v) is 17.0. The molecule has 0 spiro atoms. The molecule has 4 aromatic rings. The predicted molar refractivity (Wildman–Crippen MR) is 334 cm³/mol. The average Bonchev–Trinajstić information content (AvgIpc) is 4.01. The highest BCUT2D eigenvalue weighted by atomic mass is 32.1. The van der Waals surface area contributed by atoms with Gasteiger partial charge in [-0.3, -0.25) is 28.9 Å². The Morgan fingerprint density at radius 3 is 1.52 bits per heavy atom. The van der Waals surface area contributed by atoms with Crippen LogP contribution >= 0.6 is 11.3 Å². The first kappa shape index (κ1) is 67.7. The van der Waals surface area contributed by atoms with E-state index in [1.807, 2.05) is 61.5 Å². The SMILES string of the molecule is CCCCCCCCCCCCCCCC(=O)OCC(COC(=O)CCCCCCCCCCCCCCC)OC(=O)CC(C)CC(=O)Oc1ccc2c(C(=O)c3ccc(OCCN4CCCCC4)cc3)c(-c3ccc(C)cc3)sc2c1. The Morgan fingerprint density at radius 2 is 1.01 bits per heavy atom. The summed E-state index contributed by atoms with van der Waals surface area (Å²) in [6.07, 6.45) is 34.6. The van der Waals surface area contributed by atoms with Crippen molar-refractivity contribution in [2.75, 3.05) is 39.5 Å². The molecule has 1 saturated heterocycles. The van der Waals surface area contributed by atoms with Crippen LogP contribution < -0.4 is 9.47 Å². The van der Waals surface area contributed by atoms with Crippen molar-refractivity contribution in [3.8, 4) is 21.9 Å². The van der Waals surface area contributed by atoms with Crippen LogP contribution in [0.15, 0.2) is 66.7 Å². The van der Waals surface area contributed by atoms with Gasteiger partial charge in [-0.05, 0) is 99.6 Å². The number of piperidine rings is 1. The van der Waals surface area contributed by atoms with Crippen LogP contribution in [-0.4, -0.2) is 80.1 Å². The van der Waals surface area contributed by atoms with Crippen LogP contribution in [0.5, 0.6) is 11.5 Å². The lowest BCUT2D eigenvalue weighted by molar-refractivity contribution is -0.167. The fourth-order valence-corrected chi connectivity index (χ4v) is 12.1. The summed E-state index contributed by atoms with van der Waals surface area (Å²) < 4.78 is 29.7. The Morgan fingerprint density at radius 1 is 0.537 bits per heavy atom. The van der Waals surface area contributed by atoms with Crippen LogP contribution in [0.1, 0.15) is 254 Å². The number of unbranched alkanes of at least 4 members (excludes halogenated alkanes) is 24. The summed E-state index contributed by atoms with van der Waals surface area (Å²) in [6.45, 7) is 11.5. The summed E-state index contributed by atoms with van der Waals surface area (Å²) in [5.41, 5.74) is 3.16. The Labute approximate surface area is 497 Å². The Balaban J connectivity index is 1.09. The molecule has 1 unspecified atom stereocenters. The summed E-state index contributed by atoms with van der Waals surface area (Å²) >= 11 is 1.47. The highest BCUT2D eigenvalue weighted by Gasteiger charge is 2.25. The molecule has 0 N–H and O–H groups in total. The van der Waals surface area contributed by atoms with Crippen LogP contribution in [0, 0.1) is 12.8 Å². The monoisotopic (exact) mass is 1150 g/mol. The minimum absolute atomic E-state index is 0.0687. The standard InChI is InChI=1S/C70H103NO10S/c1-5-7-9-11-13-15-17-19-21-23-25-27-30-34-64(72)78-53-61(54-79-65(73)35-31-28-26-24-22-20-18-16-14-12-10-8-6-2)81-67(75)51-56(4)50-66(74)80-60-44-45-62-63(52-60)82-70(58-38-36-55(3)37-39-58)68(62)69(76)57-40-42-59(43-41-57)77-49-48-71-46-32-29-33-47-71/h36-45,52,56,61H,5-35,46-51,53-54H2,1-4H3. The summed E-state index contributed by atoms with van der Waals surface area (Å²) in [6, 6.07) is 20.8. The molecular weight excluding hydrogens is 1050 g/mol. The van der Waals surface area contributed by atoms with Crippen molar-refractivity contribution in [3.63, 3.8) is 0 Å². The van der Waals surface area contributed by atoms with Gasteiger partial charge in [0.15, 0.2) is 11.9 Å². The predicted octanol–water partition coefficient (Wildman–Crippen LogP) is 18.3. The molecule has 0 bridgehead atoms. The van der Waals surface area contributed by atoms with Gasteiger partial charge >= 0.3 is 23.9 Å². The second kappa shape index (κ2) is 41.0. The van der Waals surface area contributed by atoms with Gasteiger partial charge < -0.3 is 23.7 Å². The Bertz CT molecular complexity index is 2380. The fraction of sp³-hybridized carbons (Fsp3) is 0.643. The van der Waals surface area contributed by atoms with Crippen molar-refractivity contribution in [3.05, 3.63) is 83.4 Å². The van der Waals surface area contributed by atoms with E-state index >= 15 is 0 Å². The van der Waals surface area contributed by atoms with Gasteiger partial charge in [-0.25, -0.2) is 0 Å². The average molecular weight is 1150 g/mol. The van der Waals surface area contributed by atoms with Gasteiger partial charge in [0.25, 0.3) is 0 Å². The largest absolute Gasteiger partial charge is 0.492 e. The number of thiophene rings is 1. The third kappa shape index (κ3) is 27.5. The van der Waals surface area contributed by atoms with Crippen LogP contribution in [0.25, 0.3) is 20.5 Å². The highest BCUT2D eigenvalue weighted by Crippen LogP contribution is 2.42. The van der Waals surface area contributed by atoms with Crippen molar-refractivity contribution in [2.45, 2.75) is 246 Å². The summed E-state index contributed by atoms with van der Waals surface area (Å²) in [7, 11) is 0. The molecule has 1 aromatic heterocycles. The van der Waals surface area contributed by atoms with Gasteiger partial charge in [-0.15, -0.1) is 11.3 Å². The lowest BCUT2D eigenvalue weighted by Gasteiger charge is -2.26. The first-order chi connectivity index (χ1) is 40.0. The quantitative estimate of drug-likeness (QED) is 0.0138. The van der Waals surface area contributed by atoms with Crippen molar-refractivity contribution in [2.24, 2.45) is 5.92 Å². The van der Waals surface area contributed by atoms with E-state index in [0.717, 1.165) is 90.0 Å². The summed E-state index contributed by atoms with van der Waals surface area (Å²) in [5, 5.41) is 0.758. The first-order valence-corrected chi connectivity index (χ1v) is 33.2. The molecule has 1 aliphatic rings. The number of hydrogen-bond acceptors (Lipinski definition) is 12. The number of ether oxygens (including phenoxy) is 5. The van der Waals surface area contributed by atoms with Crippen LogP contribution in [0.4, 0.5) is 0 Å². The van der Waals surface area contributed by atoms with E-state index in [0.29, 0.717) is 23.5 Å². The molecule has 0 aliphatic carbocycles. The molecule has 1 atom stereocenters. The zero-order chi connectivity index (χ0) is 58.4. The maximum Gasteiger partial charge on any atom is 0.311 e. The second-order valence-electron chi connectivity index (χ2n) is 23.4. The lowest BCUT2D eigenvalue weighted by atomic mass is 9.97. The van der Waals surface area contributed by atoms with E-state index in [1.165, 1.54) is 159 Å². The molecule has 1 aliphatic heterocycles. The summed E-state index contributed by atoms with van der Waals surface area (Å²) in [5.74, 6) is -1.37. The highest BCUT2D eigenvalue weighted by molar-refractivity contribution is 7.22. The van der Waals surface area contributed by atoms with E-state index in [4.69, 9.17) is 23.7 Å². The maximum absolute atomic E-state index is 14.4. The number of ketones is 1. The first-order valence-electron chi connectivity index (χ1n) is 32.4. The topological polar surface area (TPSA) is 135 Å². The lowest BCUT2D eigenvalue weighted by Crippen LogP contribution is -2.33. The molecule has 82 heavy (non-hydrogen) atoms. The molecule has 0 radical (unpaired) electrons. The molecule has 3 aromatic carbocycles. The van der Waals surface area contributed by atoms with Gasteiger partial charge in [0.1, 0.15) is 31.3 Å². The van der Waals surface area contributed by atoms with E-state index in [1.54, 1.807) is 19.1 Å². The number of nitrogens with zero attached hydrogens (tertiary/aromatic N) is 1. The summed E-state index contributed by atoms with van der Waals surface area (Å²) in [4.78, 5) is 70.2. The van der Waals surface area contributed by atoms with Crippen molar-refractivity contribution < 1.29 is 47.7 Å². The number of esters is 4. The van der Waals surface area contributed by atoms with Crippen LogP contribution in [0.2, 0.25) is 0 Å². The number of hydrogen-bond donors (Lipinski definition) is 0. The van der Waals surface area contributed by atoms with Crippen molar-refractivity contribution in [1.29, 1.82) is 0 Å². The molecule has 11 nitrogen and oxygen atoms in total. The van der Waals surface area contributed by atoms with Gasteiger partial charge in [0.05, 0.1) is 0 Å². The van der Waals surface area contributed by atoms with E-state index in [2.05, 4.69) is 18.7 Å². The van der Waals surface area contributed by atoms with Gasteiger partial charge in [-0.2, -0.15) is 0 Å². The number of carbonyl (C=O) groups is 5. The van der Waals surface area contributed by atoms with Crippen molar-refractivity contribution >= 4 is 51.1 Å². The number of likely N-dealkylation sites (tertiary alicyclic amines) is 1. The van der Waals surface area contributed by atoms with Gasteiger partial charge in [0.2, 0.25) is 0 Å². The van der Waals surface area contributed by atoms with Gasteiger partial charge in [-0.1, -0.05) is 211 Å². The van der Waals surface area contributed by atoms with E-state index in [-0.39, 0.29) is 56.6 Å². The molecule has 5 rings (SSSR count). The number of fused-ring (bicyclic) bond motifs is 1. The Hall–Kier alpha value is -5.07. The minimum Gasteiger partial charge on any atom is -0.492 e. The number of rotatable bonds is 45. The van der Waals surface area contributed by atoms with E-state index < -0.39 is 24.0 Å². The smallest absolute Gasteiger partial charge is 0.311 e. The zero-order valence-corrected chi connectivity index (χ0v) is 51.8. The Kier molecular flexibility index (Phi) is 33.9. The molecular formula is C70H103NO10S. The van der Waals surface area contributed by atoms with Gasteiger partial charge in [0, 0.05) is 58.3 Å². The molecule has 0 saturated carbocycles. The van der Waals surface area contributed by atoms with Crippen LogP contribution in [0.3, 0.4) is 0 Å². The fourth-order valence-electron chi connectivity index (χ4n) is 10.9. The van der Waals surface area contributed by atoms with E-state index in [9.17, 15) is 24.0 Å². The number of carbonyl (C=O) groups excluding carboxylic acids is 5. The zero-order valence-electron chi connectivity index (χ0n) is 51.0. The third-order valence-electron chi connectivity index (χ3n) is 15.8. The number of aryl methyl sites for hydroxylation is 1. The minimum atomic E-state index is -0.982. The second-order valence-corrected chi connectivity index (χ2v) is 24.4. The number of benzene rings is 3. The maximum atomic E-state index is 14.4. The normalized spacial score (nSPS) is 13.1. The molecule has 0 amide bonds. The molecule has 2 heterocycles. The van der Waals surface area contributed by atoms with Crippen LogP contribution in [-0.2, 0) is 33.4 Å².